The lowest BCUT2D eigenvalue weighted by atomic mass is 10.2. The lowest BCUT2D eigenvalue weighted by molar-refractivity contribution is 0.0531. The van der Waals surface area contributed by atoms with E-state index in [1.165, 1.54) is 0 Å². The third kappa shape index (κ3) is 10.2. The van der Waals surface area contributed by atoms with Crippen molar-refractivity contribution in [2.45, 2.75) is 40.2 Å². The van der Waals surface area contributed by atoms with Crippen LogP contribution in [0.5, 0.6) is 0 Å². The molecule has 8 heteroatoms. The van der Waals surface area contributed by atoms with Crippen LogP contribution in [0.1, 0.15) is 34.6 Å². The van der Waals surface area contributed by atoms with Crippen molar-refractivity contribution < 1.29 is 23.1 Å². The second kappa shape index (κ2) is 8.84. The first-order valence-electron chi connectivity index (χ1n) is 6.23. The van der Waals surface area contributed by atoms with Crippen LogP contribution in [0.25, 0.3) is 0 Å². The van der Waals surface area contributed by atoms with Crippen LogP contribution in [0.3, 0.4) is 0 Å². The van der Waals surface area contributed by atoms with Crippen molar-refractivity contribution in [3.8, 4) is 0 Å². The predicted molar refractivity (Wildman–Crippen MR) is 77.6 cm³/mol. The van der Waals surface area contributed by atoms with Crippen LogP contribution in [-0.2, 0) is 18.3 Å². The Hall–Kier alpha value is -0.230. The molecule has 0 heterocycles. The zero-order valence-electron chi connectivity index (χ0n) is 12.2. The van der Waals surface area contributed by atoms with Gasteiger partial charge in [-0.05, 0) is 46.0 Å². The van der Waals surface area contributed by atoms with E-state index in [0.29, 0.717) is 25.5 Å². The van der Waals surface area contributed by atoms with Crippen molar-refractivity contribution in [1.29, 1.82) is 0 Å². The highest BCUT2D eigenvalue weighted by molar-refractivity contribution is 8.55. The number of alkyl carbamates (subject to hydrolysis) is 1. The second-order valence-corrected chi connectivity index (χ2v) is 8.74. The van der Waals surface area contributed by atoms with Gasteiger partial charge in [0.1, 0.15) is 5.60 Å². The normalized spacial score (nSPS) is 12.3. The van der Waals surface area contributed by atoms with E-state index < -0.39 is 18.5 Å². The molecule has 0 radical (unpaired) electrons. The average Bonchev–Trinajstić information content (AvgIpc) is 2.23. The zero-order valence-corrected chi connectivity index (χ0v) is 13.9. The van der Waals surface area contributed by atoms with Crippen molar-refractivity contribution in [1.82, 2.24) is 5.32 Å². The number of hydrogen-bond acceptors (Lipinski definition) is 6. The molecule has 0 aliphatic carbocycles. The predicted octanol–water partition coefficient (Wildman–Crippen LogP) is 3.43. The van der Waals surface area contributed by atoms with Crippen molar-refractivity contribution in [2.24, 2.45) is 0 Å². The Morgan fingerprint density at radius 1 is 1.21 bits per heavy atom. The molecule has 0 saturated heterocycles. The molecule has 19 heavy (non-hydrogen) atoms. The molecule has 0 aromatic carbocycles. The van der Waals surface area contributed by atoms with Crippen LogP contribution in [0.2, 0.25) is 0 Å². The summed E-state index contributed by atoms with van der Waals surface area (Å²) in [6, 6.07) is 0. The largest absolute Gasteiger partial charge is 0.444 e. The minimum atomic E-state index is -3.10. The van der Waals surface area contributed by atoms with Gasteiger partial charge in [0.05, 0.1) is 13.2 Å². The fraction of sp³-hybridized carbons (Fsp3) is 0.909. The number of rotatable bonds is 8. The van der Waals surface area contributed by atoms with E-state index in [9.17, 15) is 9.36 Å². The van der Waals surface area contributed by atoms with Crippen molar-refractivity contribution in [3.63, 3.8) is 0 Å². The number of nitrogens with one attached hydrogen (secondary N) is 1. The second-order valence-electron chi connectivity index (χ2n) is 4.54. The molecule has 0 aromatic rings. The summed E-state index contributed by atoms with van der Waals surface area (Å²) in [4.78, 5) is 11.4. The number of carbonyl (C=O) groups excluding carboxylic acids is 1. The molecule has 0 spiro atoms. The maximum absolute atomic E-state index is 12.1. The summed E-state index contributed by atoms with van der Waals surface area (Å²) in [5, 5.41) is 2.58. The monoisotopic (exact) mass is 313 g/mol. The van der Waals surface area contributed by atoms with Gasteiger partial charge in [-0.15, -0.1) is 0 Å². The van der Waals surface area contributed by atoms with Gasteiger partial charge >= 0.3 is 12.9 Å². The number of amides is 1. The summed E-state index contributed by atoms with van der Waals surface area (Å²) in [5.41, 5.74) is -0.525. The first kappa shape index (κ1) is 18.8. The molecule has 1 amide bonds. The Kier molecular flexibility index (Phi) is 8.74. The Balaban J connectivity index is 3.95. The first-order valence-corrected chi connectivity index (χ1v) is 9.36. The van der Waals surface area contributed by atoms with Gasteiger partial charge in [-0.1, -0.05) is 0 Å². The van der Waals surface area contributed by atoms with E-state index in [-0.39, 0.29) is 0 Å². The fourth-order valence-corrected chi connectivity index (χ4v) is 4.35. The Morgan fingerprint density at radius 3 is 2.16 bits per heavy atom. The molecule has 0 rings (SSSR count). The van der Waals surface area contributed by atoms with E-state index in [0.717, 1.165) is 11.4 Å². The smallest absolute Gasteiger partial charge is 0.407 e. The molecule has 114 valence electrons. The molecular weight excluding hydrogens is 289 g/mol. The molecule has 0 aliphatic heterocycles. The van der Waals surface area contributed by atoms with Gasteiger partial charge < -0.3 is 19.1 Å². The summed E-state index contributed by atoms with van der Waals surface area (Å²) in [7, 11) is 0. The van der Waals surface area contributed by atoms with E-state index in [2.05, 4.69) is 5.32 Å². The van der Waals surface area contributed by atoms with Crippen LogP contribution >= 0.6 is 18.2 Å². The van der Waals surface area contributed by atoms with Gasteiger partial charge in [0, 0.05) is 12.3 Å². The molecule has 6 nitrogen and oxygen atoms in total. The van der Waals surface area contributed by atoms with Gasteiger partial charge in [0.2, 0.25) is 0 Å². The van der Waals surface area contributed by atoms with Gasteiger partial charge in [-0.25, -0.2) is 9.36 Å². The third-order valence-electron chi connectivity index (χ3n) is 1.59. The van der Waals surface area contributed by atoms with E-state index >= 15 is 0 Å². The van der Waals surface area contributed by atoms with Crippen LogP contribution in [0.15, 0.2) is 0 Å². The van der Waals surface area contributed by atoms with E-state index in [1.54, 1.807) is 34.6 Å². The Bertz CT molecular complexity index is 309. The minimum absolute atomic E-state index is 0.323. The number of ether oxygens (including phenoxy) is 1. The molecule has 0 aromatic heterocycles. The molecule has 1 N–H and O–H groups in total. The number of carbonyl (C=O) groups is 1. The van der Waals surface area contributed by atoms with Crippen molar-refractivity contribution >= 4 is 24.3 Å². The zero-order chi connectivity index (χ0) is 14.9. The maximum atomic E-state index is 12.1. The highest BCUT2D eigenvalue weighted by Crippen LogP contribution is 2.60. The summed E-state index contributed by atoms with van der Waals surface area (Å²) in [6.07, 6.45) is -0.490. The molecular formula is C11H24NO5PS. The summed E-state index contributed by atoms with van der Waals surface area (Å²) in [6.45, 7) is 6.77. The van der Waals surface area contributed by atoms with Gasteiger partial charge in [0.15, 0.2) is 0 Å². The number of hydrogen-bond donors (Lipinski definition) is 1. The van der Waals surface area contributed by atoms with Crippen molar-refractivity contribution in [3.05, 3.63) is 0 Å². The van der Waals surface area contributed by atoms with Crippen LogP contribution < -0.4 is 5.32 Å². The van der Waals surface area contributed by atoms with Crippen LogP contribution in [-0.4, -0.2) is 37.2 Å². The lowest BCUT2D eigenvalue weighted by Crippen LogP contribution is -2.33. The molecule has 0 bridgehead atoms. The van der Waals surface area contributed by atoms with Gasteiger partial charge in [0.25, 0.3) is 0 Å². The first-order chi connectivity index (χ1) is 8.72. The molecule has 0 unspecified atom stereocenters. The highest BCUT2D eigenvalue weighted by Gasteiger charge is 2.24. The highest BCUT2D eigenvalue weighted by atomic mass is 32.7. The molecule has 0 aliphatic rings. The molecule has 0 fully saturated rings. The Morgan fingerprint density at radius 2 is 1.74 bits per heavy atom. The standard InChI is InChI=1S/C11H24NO5PS/c1-6-15-18(14,16-7-2)19-9-8-12-10(13)17-11(3,4)5/h6-9H2,1-5H3,(H,12,13). The summed E-state index contributed by atoms with van der Waals surface area (Å²) >= 11 is 1.07. The van der Waals surface area contributed by atoms with Crippen molar-refractivity contribution in [2.75, 3.05) is 25.5 Å². The van der Waals surface area contributed by atoms with E-state index in [4.69, 9.17) is 13.8 Å². The molecule has 0 saturated carbocycles. The SMILES string of the molecule is CCOP(=O)(OCC)SCCNC(=O)OC(C)(C)C. The lowest BCUT2D eigenvalue weighted by Gasteiger charge is -2.20. The van der Waals surface area contributed by atoms with Crippen LogP contribution in [0, 0.1) is 0 Å². The minimum Gasteiger partial charge on any atom is -0.444 e. The fourth-order valence-electron chi connectivity index (χ4n) is 1.05. The topological polar surface area (TPSA) is 73.9 Å². The maximum Gasteiger partial charge on any atom is 0.407 e. The van der Waals surface area contributed by atoms with Gasteiger partial charge in [-0.2, -0.15) is 0 Å². The summed E-state index contributed by atoms with van der Waals surface area (Å²) < 4.78 is 27.4. The third-order valence-corrected chi connectivity index (χ3v) is 5.57. The van der Waals surface area contributed by atoms with E-state index in [1.807, 2.05) is 0 Å². The molecule has 0 atom stereocenters. The quantitative estimate of drug-likeness (QED) is 0.546. The van der Waals surface area contributed by atoms with Crippen LogP contribution in [0.4, 0.5) is 4.79 Å². The average molecular weight is 313 g/mol. The Labute approximate surface area is 119 Å². The van der Waals surface area contributed by atoms with Gasteiger partial charge in [-0.3, -0.25) is 0 Å². The summed E-state index contributed by atoms with van der Waals surface area (Å²) in [5.74, 6) is 0.427.